The molecule has 0 aliphatic carbocycles. The molecular formula is C68H45N3O. The summed E-state index contributed by atoms with van der Waals surface area (Å²) in [5.41, 5.74) is 21.7. The summed E-state index contributed by atoms with van der Waals surface area (Å²) < 4.78 is 8.50. The molecule has 0 unspecified atom stereocenters. The molecule has 0 amide bonds. The van der Waals surface area contributed by atoms with Crippen molar-refractivity contribution in [3.05, 3.63) is 273 Å². The van der Waals surface area contributed by atoms with Crippen LogP contribution in [-0.4, -0.2) is 14.8 Å². The van der Waals surface area contributed by atoms with Crippen LogP contribution in [0.1, 0.15) is 0 Å². The van der Waals surface area contributed by atoms with Crippen LogP contribution in [-0.2, 0) is 0 Å². The minimum atomic E-state index is 0.493. The van der Waals surface area contributed by atoms with Crippen molar-refractivity contribution in [1.29, 1.82) is 0 Å². The molecule has 2 heterocycles. The van der Waals surface area contributed by atoms with Gasteiger partial charge in [0.05, 0.1) is 11.0 Å². The first-order valence-electron chi connectivity index (χ1n) is 24.4. The van der Waals surface area contributed by atoms with Crippen LogP contribution in [0.3, 0.4) is 0 Å². The molecule has 0 aliphatic heterocycles. The maximum atomic E-state index is 6.08. The zero-order valence-corrected chi connectivity index (χ0v) is 39.2. The SMILES string of the molecule is c1ccc(-c2ccc(-c3ccc4c(c3)c3cc(-c5ccc(-c6ccccc6)cc5)ccc3n4-c3ccc(-c4ccccc4-c4ccccc4-c4ccc(-c5nnc(-c6ccccc6)o5)cc4)cc3)cc2)cc1. The first-order valence-corrected chi connectivity index (χ1v) is 24.4. The smallest absolute Gasteiger partial charge is 0.248 e. The average Bonchev–Trinajstić information content (AvgIpc) is 4.10. The molecule has 72 heavy (non-hydrogen) atoms. The summed E-state index contributed by atoms with van der Waals surface area (Å²) in [6, 6.07) is 97.5. The zero-order chi connectivity index (χ0) is 47.8. The molecule has 11 aromatic carbocycles. The fourth-order valence-corrected chi connectivity index (χ4v) is 10.2. The van der Waals surface area contributed by atoms with E-state index in [2.05, 4.69) is 257 Å². The molecule has 0 N–H and O–H groups in total. The van der Waals surface area contributed by atoms with Crippen molar-refractivity contribution in [2.45, 2.75) is 0 Å². The van der Waals surface area contributed by atoms with Crippen LogP contribution >= 0.6 is 0 Å². The molecule has 4 nitrogen and oxygen atoms in total. The van der Waals surface area contributed by atoms with Gasteiger partial charge < -0.3 is 8.98 Å². The summed E-state index contributed by atoms with van der Waals surface area (Å²) in [5.74, 6) is 0.999. The van der Waals surface area contributed by atoms with E-state index in [1.165, 1.54) is 66.4 Å². The predicted octanol–water partition coefficient (Wildman–Crippen LogP) is 18.2. The summed E-state index contributed by atoms with van der Waals surface area (Å²) in [5, 5.41) is 11.1. The minimum absolute atomic E-state index is 0.493. The standard InChI is InChI=1S/C68H45N3O/c1-4-14-46(15-5-1)48-24-28-50(29-25-48)56-38-42-65-63(44-56)64-45-57(51-30-26-49(27-31-51)47-16-6-2-7-17-47)39-43-66(64)71(65)58-40-36-53(37-41-58)60-21-11-13-23-62(60)61-22-12-10-20-59(61)52-32-34-55(35-33-52)68-70-69-67(72-68)54-18-8-3-9-19-54/h1-45H. The van der Waals surface area contributed by atoms with Gasteiger partial charge in [0, 0.05) is 27.6 Å². The summed E-state index contributed by atoms with van der Waals surface area (Å²) >= 11 is 0. The average molecular weight is 920 g/mol. The zero-order valence-electron chi connectivity index (χ0n) is 39.2. The number of rotatable bonds is 10. The summed E-state index contributed by atoms with van der Waals surface area (Å²) in [7, 11) is 0. The molecular weight excluding hydrogens is 875 g/mol. The Morgan fingerprint density at radius 1 is 0.236 bits per heavy atom. The molecule has 13 rings (SSSR count). The molecule has 0 saturated heterocycles. The lowest BCUT2D eigenvalue weighted by Crippen LogP contribution is -1.94. The van der Waals surface area contributed by atoms with Crippen molar-refractivity contribution in [3.63, 3.8) is 0 Å². The fraction of sp³-hybridized carbons (Fsp3) is 0. The molecule has 0 radical (unpaired) electrons. The predicted molar refractivity (Wildman–Crippen MR) is 298 cm³/mol. The Hall–Kier alpha value is -9.64. The van der Waals surface area contributed by atoms with Gasteiger partial charge in [0.2, 0.25) is 11.8 Å². The largest absolute Gasteiger partial charge is 0.416 e. The molecule has 338 valence electrons. The number of hydrogen-bond acceptors (Lipinski definition) is 3. The lowest BCUT2D eigenvalue weighted by Gasteiger charge is -2.16. The van der Waals surface area contributed by atoms with E-state index in [9.17, 15) is 0 Å². The highest BCUT2D eigenvalue weighted by molar-refractivity contribution is 6.12. The van der Waals surface area contributed by atoms with Gasteiger partial charge in [-0.05, 0) is 139 Å². The fourth-order valence-electron chi connectivity index (χ4n) is 10.2. The highest BCUT2D eigenvalue weighted by atomic mass is 16.4. The topological polar surface area (TPSA) is 43.9 Å². The van der Waals surface area contributed by atoms with Crippen LogP contribution in [0.5, 0.6) is 0 Å². The van der Waals surface area contributed by atoms with Gasteiger partial charge in [-0.15, -0.1) is 10.2 Å². The van der Waals surface area contributed by atoms with Crippen molar-refractivity contribution < 1.29 is 4.42 Å². The molecule has 4 heteroatoms. The number of benzene rings is 11. The lowest BCUT2D eigenvalue weighted by molar-refractivity contribution is 0.584. The van der Waals surface area contributed by atoms with Crippen molar-refractivity contribution in [3.8, 4) is 106 Å². The van der Waals surface area contributed by atoms with Gasteiger partial charge in [-0.2, -0.15) is 0 Å². The molecule has 0 aliphatic rings. The third-order valence-electron chi connectivity index (χ3n) is 13.9. The molecule has 0 spiro atoms. The second-order valence-corrected chi connectivity index (χ2v) is 18.2. The van der Waals surface area contributed by atoms with Gasteiger partial charge in [0.1, 0.15) is 0 Å². The molecule has 0 atom stereocenters. The highest BCUT2D eigenvalue weighted by Crippen LogP contribution is 2.41. The van der Waals surface area contributed by atoms with Crippen molar-refractivity contribution in [2.24, 2.45) is 0 Å². The molecule has 0 bridgehead atoms. The number of fused-ring (bicyclic) bond motifs is 3. The van der Waals surface area contributed by atoms with E-state index < -0.39 is 0 Å². The van der Waals surface area contributed by atoms with Gasteiger partial charge in [-0.1, -0.05) is 212 Å². The minimum Gasteiger partial charge on any atom is -0.416 e. The number of aromatic nitrogens is 3. The second kappa shape index (κ2) is 18.4. The second-order valence-electron chi connectivity index (χ2n) is 18.2. The lowest BCUT2D eigenvalue weighted by atomic mass is 9.89. The first kappa shape index (κ1) is 42.5. The third kappa shape index (κ3) is 7.97. The number of nitrogens with zero attached hydrogens (tertiary/aromatic N) is 3. The van der Waals surface area contributed by atoms with Crippen LogP contribution in [0.2, 0.25) is 0 Å². The van der Waals surface area contributed by atoms with Gasteiger partial charge in [0.25, 0.3) is 0 Å². The van der Waals surface area contributed by atoms with E-state index in [1.54, 1.807) is 0 Å². The Morgan fingerprint density at radius 3 is 0.958 bits per heavy atom. The van der Waals surface area contributed by atoms with Crippen LogP contribution in [0.25, 0.3) is 128 Å². The summed E-state index contributed by atoms with van der Waals surface area (Å²) in [6.45, 7) is 0. The van der Waals surface area contributed by atoms with Crippen LogP contribution in [0.15, 0.2) is 277 Å². The Kier molecular flexibility index (Phi) is 10.8. The first-order chi connectivity index (χ1) is 35.7. The van der Waals surface area contributed by atoms with Crippen LogP contribution in [0.4, 0.5) is 0 Å². The molecule has 0 fully saturated rings. The third-order valence-corrected chi connectivity index (χ3v) is 13.9. The van der Waals surface area contributed by atoms with E-state index in [4.69, 9.17) is 4.42 Å². The Bertz CT molecular complexity index is 3890. The number of hydrogen-bond donors (Lipinski definition) is 0. The van der Waals surface area contributed by atoms with Gasteiger partial charge >= 0.3 is 0 Å². The quantitative estimate of drug-likeness (QED) is 0.137. The Morgan fingerprint density at radius 2 is 0.528 bits per heavy atom. The van der Waals surface area contributed by atoms with Crippen LogP contribution < -0.4 is 0 Å². The van der Waals surface area contributed by atoms with E-state index in [0.717, 1.165) is 50.1 Å². The summed E-state index contributed by atoms with van der Waals surface area (Å²) in [4.78, 5) is 0. The van der Waals surface area contributed by atoms with Crippen LogP contribution in [0, 0.1) is 0 Å². The normalized spacial score (nSPS) is 11.3. The monoisotopic (exact) mass is 919 g/mol. The molecule has 0 saturated carbocycles. The Labute approximate surface area is 418 Å². The van der Waals surface area contributed by atoms with Gasteiger partial charge in [0.15, 0.2) is 0 Å². The van der Waals surface area contributed by atoms with Gasteiger partial charge in [-0.3, -0.25) is 0 Å². The van der Waals surface area contributed by atoms with E-state index >= 15 is 0 Å². The molecule has 2 aromatic heterocycles. The maximum Gasteiger partial charge on any atom is 0.248 e. The maximum absolute atomic E-state index is 6.08. The van der Waals surface area contributed by atoms with E-state index in [0.29, 0.717) is 11.8 Å². The van der Waals surface area contributed by atoms with E-state index in [1.807, 2.05) is 30.3 Å². The Balaban J connectivity index is 0.856. The van der Waals surface area contributed by atoms with Crippen molar-refractivity contribution in [2.75, 3.05) is 0 Å². The van der Waals surface area contributed by atoms with Crippen molar-refractivity contribution >= 4 is 21.8 Å². The summed E-state index contributed by atoms with van der Waals surface area (Å²) in [6.07, 6.45) is 0. The highest BCUT2D eigenvalue weighted by Gasteiger charge is 2.18. The van der Waals surface area contributed by atoms with Crippen molar-refractivity contribution in [1.82, 2.24) is 14.8 Å². The van der Waals surface area contributed by atoms with E-state index in [-0.39, 0.29) is 0 Å². The van der Waals surface area contributed by atoms with Gasteiger partial charge in [-0.25, -0.2) is 0 Å². The molecule has 13 aromatic rings.